The zero-order valence-corrected chi connectivity index (χ0v) is 8.06. The number of terminal acetylenes is 1. The molecule has 0 aliphatic heterocycles. The maximum absolute atomic E-state index is 5.35. The number of nitrogens with one attached hydrogen (secondary N) is 2. The summed E-state index contributed by atoms with van der Waals surface area (Å²) in [6.45, 7) is 0. The van der Waals surface area contributed by atoms with Gasteiger partial charge in [0, 0.05) is 24.4 Å². The number of hydrogen-bond donors (Lipinski definition) is 2. The summed E-state index contributed by atoms with van der Waals surface area (Å²) in [6, 6.07) is 0. The fourth-order valence-electron chi connectivity index (χ4n) is 1.07. The first-order valence-electron chi connectivity index (χ1n) is 4.21. The van der Waals surface area contributed by atoms with Crippen LogP contribution in [0.25, 0.3) is 0 Å². The normalized spacial score (nSPS) is 9.54. The molecule has 0 aromatic carbocycles. The van der Waals surface area contributed by atoms with Crippen molar-refractivity contribution in [2.75, 3.05) is 4.84 Å². The fraction of sp³-hybridized carbons (Fsp3) is 0.444. The highest BCUT2D eigenvalue weighted by Gasteiger charge is 1.98. The van der Waals surface area contributed by atoms with E-state index in [0.29, 0.717) is 5.95 Å². The van der Waals surface area contributed by atoms with Gasteiger partial charge in [0.1, 0.15) is 0 Å². The van der Waals surface area contributed by atoms with E-state index in [-0.39, 0.29) is 0 Å². The Morgan fingerprint density at radius 3 is 3.08 bits per heavy atom. The van der Waals surface area contributed by atoms with Crippen molar-refractivity contribution in [3.63, 3.8) is 0 Å². The molecule has 13 heavy (non-hydrogen) atoms. The number of unbranched alkanes of at least 4 members (excludes halogenated alkanes) is 2. The fourth-order valence-corrected chi connectivity index (χ4v) is 1.17. The van der Waals surface area contributed by atoms with Gasteiger partial charge in [-0.25, -0.2) is 4.98 Å². The van der Waals surface area contributed by atoms with Crippen LogP contribution in [0.3, 0.4) is 0 Å². The van der Waals surface area contributed by atoms with Gasteiger partial charge in [-0.3, -0.25) is 4.84 Å². The molecular weight excluding hydrogens is 186 g/mol. The summed E-state index contributed by atoms with van der Waals surface area (Å²) < 4.78 is 0. The van der Waals surface area contributed by atoms with Crippen LogP contribution in [0.4, 0.5) is 5.95 Å². The van der Waals surface area contributed by atoms with Crippen LogP contribution in [-0.2, 0) is 6.42 Å². The van der Waals surface area contributed by atoms with Crippen LogP contribution in [-0.4, -0.2) is 9.97 Å². The topological polar surface area (TPSA) is 40.7 Å². The van der Waals surface area contributed by atoms with Crippen LogP contribution in [0.2, 0.25) is 0 Å². The number of aryl methyl sites for hydroxylation is 1. The van der Waals surface area contributed by atoms with Crippen molar-refractivity contribution in [1.82, 2.24) is 9.97 Å². The summed E-state index contributed by atoms with van der Waals surface area (Å²) in [5.74, 6) is 3.20. The smallest absolute Gasteiger partial charge is 0.215 e. The van der Waals surface area contributed by atoms with Gasteiger partial charge >= 0.3 is 0 Å². The van der Waals surface area contributed by atoms with E-state index >= 15 is 0 Å². The van der Waals surface area contributed by atoms with Crippen LogP contribution < -0.4 is 4.84 Å². The first kappa shape index (κ1) is 9.94. The minimum absolute atomic E-state index is 0.591. The Kier molecular flexibility index (Phi) is 4.20. The molecule has 0 aliphatic carbocycles. The van der Waals surface area contributed by atoms with Crippen molar-refractivity contribution < 1.29 is 0 Å². The number of aromatic nitrogens is 2. The van der Waals surface area contributed by atoms with Gasteiger partial charge in [0.05, 0.1) is 5.69 Å². The first-order chi connectivity index (χ1) is 6.36. The first-order valence-corrected chi connectivity index (χ1v) is 4.59. The Labute approximate surface area is 83.0 Å². The van der Waals surface area contributed by atoms with Gasteiger partial charge < -0.3 is 4.98 Å². The molecule has 70 valence electrons. The van der Waals surface area contributed by atoms with E-state index in [1.54, 1.807) is 0 Å². The van der Waals surface area contributed by atoms with E-state index in [2.05, 4.69) is 20.7 Å². The Morgan fingerprint density at radius 2 is 2.46 bits per heavy atom. The number of anilines is 1. The highest BCUT2D eigenvalue weighted by atomic mass is 35.5. The molecule has 0 fully saturated rings. The van der Waals surface area contributed by atoms with Gasteiger partial charge in [-0.2, -0.15) is 0 Å². The molecule has 1 heterocycles. The second-order valence-corrected chi connectivity index (χ2v) is 2.94. The predicted octanol–water partition coefficient (Wildman–Crippen LogP) is 2.32. The largest absolute Gasteiger partial charge is 0.330 e. The van der Waals surface area contributed by atoms with Gasteiger partial charge in [-0.1, -0.05) is 0 Å². The quantitative estimate of drug-likeness (QED) is 0.432. The van der Waals surface area contributed by atoms with Crippen LogP contribution >= 0.6 is 11.8 Å². The van der Waals surface area contributed by atoms with Crippen molar-refractivity contribution in [2.45, 2.75) is 25.7 Å². The SMILES string of the molecule is C#CCCCCc1c[nH]c(NCl)n1. The van der Waals surface area contributed by atoms with Crippen molar-refractivity contribution >= 4 is 17.7 Å². The Balaban J connectivity index is 2.25. The lowest BCUT2D eigenvalue weighted by atomic mass is 10.2. The molecule has 0 atom stereocenters. The standard InChI is InChI=1S/C9H12ClN3/c1-2-3-4-5-6-8-7-11-9(12-8)13-10/h1,7H,3-6H2,(H2,11,12,13). The molecule has 0 aliphatic rings. The number of H-pyrrole nitrogens is 1. The van der Waals surface area contributed by atoms with E-state index in [4.69, 9.17) is 18.2 Å². The lowest BCUT2D eigenvalue weighted by Gasteiger charge is -1.93. The van der Waals surface area contributed by atoms with Gasteiger partial charge in [0.2, 0.25) is 5.95 Å². The third-order valence-electron chi connectivity index (χ3n) is 1.72. The lowest BCUT2D eigenvalue weighted by Crippen LogP contribution is -1.86. The number of rotatable bonds is 5. The average molecular weight is 198 g/mol. The van der Waals surface area contributed by atoms with Gasteiger partial charge in [-0.15, -0.1) is 12.3 Å². The highest BCUT2D eigenvalue weighted by molar-refractivity contribution is 6.23. The average Bonchev–Trinajstić information content (AvgIpc) is 2.60. The van der Waals surface area contributed by atoms with Gasteiger partial charge in [0.25, 0.3) is 0 Å². The summed E-state index contributed by atoms with van der Waals surface area (Å²) in [6.07, 6.45) is 10.9. The van der Waals surface area contributed by atoms with Gasteiger partial charge in [0.15, 0.2) is 0 Å². The van der Waals surface area contributed by atoms with Crippen LogP contribution in [0, 0.1) is 12.3 Å². The molecule has 0 saturated heterocycles. The second-order valence-electron chi connectivity index (χ2n) is 2.75. The minimum Gasteiger partial charge on any atom is -0.330 e. The third kappa shape index (κ3) is 3.39. The van der Waals surface area contributed by atoms with E-state index in [1.165, 1.54) is 0 Å². The molecule has 3 nitrogen and oxygen atoms in total. The minimum atomic E-state index is 0.591. The van der Waals surface area contributed by atoms with Crippen LogP contribution in [0.15, 0.2) is 6.20 Å². The van der Waals surface area contributed by atoms with Crippen molar-refractivity contribution in [2.24, 2.45) is 0 Å². The van der Waals surface area contributed by atoms with Crippen molar-refractivity contribution in [3.8, 4) is 12.3 Å². The molecule has 0 unspecified atom stereocenters. The summed E-state index contributed by atoms with van der Waals surface area (Å²) in [5.41, 5.74) is 1.01. The summed E-state index contributed by atoms with van der Waals surface area (Å²) >= 11 is 5.35. The van der Waals surface area contributed by atoms with Crippen molar-refractivity contribution in [3.05, 3.63) is 11.9 Å². The summed E-state index contributed by atoms with van der Waals surface area (Å²) in [5, 5.41) is 0. The number of imidazole rings is 1. The molecule has 1 rings (SSSR count). The van der Waals surface area contributed by atoms with E-state index < -0.39 is 0 Å². The zero-order valence-electron chi connectivity index (χ0n) is 7.31. The molecule has 1 aromatic rings. The molecule has 0 bridgehead atoms. The number of hydrogen-bond acceptors (Lipinski definition) is 2. The number of aromatic amines is 1. The molecule has 0 spiro atoms. The van der Waals surface area contributed by atoms with Crippen molar-refractivity contribution in [1.29, 1.82) is 0 Å². The Hall–Kier alpha value is -1.14. The van der Waals surface area contributed by atoms with E-state index in [0.717, 1.165) is 31.4 Å². The molecule has 2 N–H and O–H groups in total. The lowest BCUT2D eigenvalue weighted by molar-refractivity contribution is 0.746. The number of halogens is 1. The molecule has 1 aromatic heterocycles. The molecule has 0 amide bonds. The number of nitrogens with zero attached hydrogens (tertiary/aromatic N) is 1. The predicted molar refractivity (Wildman–Crippen MR) is 54.5 cm³/mol. The van der Waals surface area contributed by atoms with Gasteiger partial charge in [-0.05, 0) is 19.3 Å². The monoisotopic (exact) mass is 197 g/mol. The highest BCUT2D eigenvalue weighted by Crippen LogP contribution is 2.07. The van der Waals surface area contributed by atoms with E-state index in [9.17, 15) is 0 Å². The summed E-state index contributed by atoms with van der Waals surface area (Å²) in [4.78, 5) is 9.50. The van der Waals surface area contributed by atoms with Crippen LogP contribution in [0.1, 0.15) is 25.0 Å². The molecular formula is C9H12ClN3. The maximum atomic E-state index is 5.35. The van der Waals surface area contributed by atoms with Crippen LogP contribution in [0.5, 0.6) is 0 Å². The van der Waals surface area contributed by atoms with E-state index in [1.807, 2.05) is 6.20 Å². The molecule has 0 radical (unpaired) electrons. The third-order valence-corrected chi connectivity index (χ3v) is 1.90. The zero-order chi connectivity index (χ0) is 9.52. The Bertz CT molecular complexity index is 287. The maximum Gasteiger partial charge on any atom is 0.215 e. The summed E-state index contributed by atoms with van der Waals surface area (Å²) in [7, 11) is 0. The Morgan fingerprint density at radius 1 is 1.62 bits per heavy atom. The molecule has 0 saturated carbocycles. The second kappa shape index (κ2) is 5.50. The molecule has 4 heteroatoms.